The first-order valence-electron chi connectivity index (χ1n) is 3.69. The minimum Gasteiger partial charge on any atom is -0.388 e. The van der Waals surface area contributed by atoms with Crippen LogP contribution in [0.25, 0.3) is 0 Å². The number of nitrogens with one attached hydrogen (secondary N) is 1. The van der Waals surface area contributed by atoms with Crippen molar-refractivity contribution in [3.63, 3.8) is 0 Å². The lowest BCUT2D eigenvalue weighted by atomic mass is 10.4. The summed E-state index contributed by atoms with van der Waals surface area (Å²) < 4.78 is 0. The highest BCUT2D eigenvalue weighted by molar-refractivity contribution is 8.02. The molecule has 0 atom stereocenters. The second-order valence-corrected chi connectivity index (χ2v) is 4.30. The molecule has 60 valence electrons. The van der Waals surface area contributed by atoms with Gasteiger partial charge in [0.05, 0.1) is 0 Å². The van der Waals surface area contributed by atoms with Crippen LogP contribution in [0.3, 0.4) is 0 Å². The van der Waals surface area contributed by atoms with E-state index in [9.17, 15) is 0 Å². The van der Waals surface area contributed by atoms with E-state index >= 15 is 0 Å². The Morgan fingerprint density at radius 2 is 1.80 bits per heavy atom. The molecule has 0 unspecified atom stereocenters. The summed E-state index contributed by atoms with van der Waals surface area (Å²) in [5, 5.41) is 5.99. The topological polar surface area (TPSA) is 12.0 Å². The van der Waals surface area contributed by atoms with Crippen LogP contribution in [-0.4, -0.2) is 11.3 Å². The molecule has 0 aliphatic carbocycles. The minimum absolute atomic E-state index is 0.545. The molecular formula is C8H17NS. The maximum Gasteiger partial charge on any atom is 0.0199 e. The minimum atomic E-state index is 0.545. The summed E-state index contributed by atoms with van der Waals surface area (Å²) in [5.41, 5.74) is 0. The van der Waals surface area contributed by atoms with E-state index < -0.39 is 0 Å². The molecule has 1 N–H and O–H groups in total. The molecule has 0 heterocycles. The van der Waals surface area contributed by atoms with Crippen LogP contribution in [0, 0.1) is 0 Å². The van der Waals surface area contributed by atoms with Crippen LogP contribution < -0.4 is 5.32 Å². The molecular weight excluding hydrogens is 142 g/mol. The monoisotopic (exact) mass is 159 g/mol. The zero-order valence-corrected chi connectivity index (χ0v) is 8.03. The van der Waals surface area contributed by atoms with Crippen LogP contribution in [0.15, 0.2) is 11.6 Å². The summed E-state index contributed by atoms with van der Waals surface area (Å²) in [5.74, 6) is 0. The van der Waals surface area contributed by atoms with Crippen molar-refractivity contribution < 1.29 is 0 Å². The van der Waals surface area contributed by atoms with E-state index in [1.165, 1.54) is 0 Å². The smallest absolute Gasteiger partial charge is 0.0199 e. The van der Waals surface area contributed by atoms with E-state index in [1.807, 2.05) is 18.0 Å². The maximum absolute atomic E-state index is 3.20. The number of thioether (sulfide) groups is 1. The third-order valence-electron chi connectivity index (χ3n) is 0.848. The first kappa shape index (κ1) is 9.89. The third kappa shape index (κ3) is 7.89. The molecule has 2 heteroatoms. The molecule has 0 aromatic rings. The fourth-order valence-corrected chi connectivity index (χ4v) is 0.900. The maximum atomic E-state index is 3.20. The fraction of sp³-hybridized carbons (Fsp3) is 0.750. The molecule has 0 saturated carbocycles. The van der Waals surface area contributed by atoms with Gasteiger partial charge in [-0.3, -0.25) is 0 Å². The molecule has 0 saturated heterocycles. The highest BCUT2D eigenvalue weighted by Crippen LogP contribution is 2.08. The van der Waals surface area contributed by atoms with Crippen molar-refractivity contribution >= 4 is 11.8 Å². The highest BCUT2D eigenvalue weighted by atomic mass is 32.2. The van der Waals surface area contributed by atoms with Crippen molar-refractivity contribution in [1.82, 2.24) is 5.32 Å². The lowest BCUT2D eigenvalue weighted by Gasteiger charge is -2.03. The average Bonchev–Trinajstić information content (AvgIpc) is 1.79. The van der Waals surface area contributed by atoms with Gasteiger partial charge in [0, 0.05) is 17.5 Å². The molecule has 0 aliphatic heterocycles. The predicted octanol–water partition coefficient (Wildman–Crippen LogP) is 2.60. The molecule has 0 bridgehead atoms. The zero-order valence-electron chi connectivity index (χ0n) is 7.22. The summed E-state index contributed by atoms with van der Waals surface area (Å²) in [6, 6.07) is 0.545. The van der Waals surface area contributed by atoms with Crippen molar-refractivity contribution in [3.8, 4) is 0 Å². The highest BCUT2D eigenvalue weighted by Gasteiger charge is 1.87. The first-order chi connectivity index (χ1) is 4.63. The summed E-state index contributed by atoms with van der Waals surface area (Å²) >= 11 is 1.83. The largest absolute Gasteiger partial charge is 0.388 e. The molecule has 1 nitrogen and oxygen atoms in total. The van der Waals surface area contributed by atoms with Crippen LogP contribution >= 0.6 is 11.8 Å². The van der Waals surface area contributed by atoms with Crippen LogP contribution in [0.1, 0.15) is 27.7 Å². The molecule has 0 amide bonds. The van der Waals surface area contributed by atoms with Gasteiger partial charge in [0.1, 0.15) is 0 Å². The van der Waals surface area contributed by atoms with E-state index in [0.29, 0.717) is 11.3 Å². The Labute approximate surface area is 68.3 Å². The van der Waals surface area contributed by atoms with Gasteiger partial charge in [-0.15, -0.1) is 11.8 Å². The SMILES string of the molecule is CC(C)N/C=C\SC(C)C. The molecule has 10 heavy (non-hydrogen) atoms. The Hall–Kier alpha value is -0.110. The van der Waals surface area contributed by atoms with Gasteiger partial charge >= 0.3 is 0 Å². The number of rotatable bonds is 4. The second kappa shape index (κ2) is 5.66. The lowest BCUT2D eigenvalue weighted by molar-refractivity contribution is 0.703. The van der Waals surface area contributed by atoms with Gasteiger partial charge in [-0.2, -0.15) is 0 Å². The molecule has 0 fully saturated rings. The summed E-state index contributed by atoms with van der Waals surface area (Å²) in [6.07, 6.45) is 2.01. The van der Waals surface area contributed by atoms with Crippen LogP contribution in [0.5, 0.6) is 0 Å². The normalized spacial score (nSPS) is 11.8. The van der Waals surface area contributed by atoms with Crippen LogP contribution in [-0.2, 0) is 0 Å². The van der Waals surface area contributed by atoms with E-state index in [2.05, 4.69) is 38.4 Å². The van der Waals surface area contributed by atoms with Gasteiger partial charge in [0.15, 0.2) is 0 Å². The first-order valence-corrected chi connectivity index (χ1v) is 4.63. The number of hydrogen-bond acceptors (Lipinski definition) is 2. The quantitative estimate of drug-likeness (QED) is 0.676. The van der Waals surface area contributed by atoms with E-state index in [-0.39, 0.29) is 0 Å². The average molecular weight is 159 g/mol. The Bertz CT molecular complexity index is 85.4. The molecule has 0 aromatic carbocycles. The Kier molecular flexibility index (Phi) is 5.60. The van der Waals surface area contributed by atoms with Crippen molar-refractivity contribution in [1.29, 1.82) is 0 Å². The van der Waals surface area contributed by atoms with Crippen molar-refractivity contribution in [2.45, 2.75) is 39.0 Å². The van der Waals surface area contributed by atoms with E-state index in [1.54, 1.807) is 0 Å². The van der Waals surface area contributed by atoms with Gasteiger partial charge < -0.3 is 5.32 Å². The van der Waals surface area contributed by atoms with Crippen molar-refractivity contribution in [3.05, 3.63) is 11.6 Å². The molecule has 0 aliphatic rings. The van der Waals surface area contributed by atoms with Gasteiger partial charge in [-0.05, 0) is 19.3 Å². The molecule has 0 spiro atoms. The summed E-state index contributed by atoms with van der Waals surface area (Å²) in [6.45, 7) is 8.63. The van der Waals surface area contributed by atoms with Crippen LogP contribution in [0.4, 0.5) is 0 Å². The standard InChI is InChI=1S/C8H17NS/c1-7(2)9-5-6-10-8(3)4/h5-9H,1-4H3/b6-5-. The van der Waals surface area contributed by atoms with Crippen molar-refractivity contribution in [2.75, 3.05) is 0 Å². The fourth-order valence-electron chi connectivity index (χ4n) is 0.428. The van der Waals surface area contributed by atoms with Gasteiger partial charge in [0.25, 0.3) is 0 Å². The number of hydrogen-bond donors (Lipinski definition) is 1. The van der Waals surface area contributed by atoms with Crippen molar-refractivity contribution in [2.24, 2.45) is 0 Å². The Morgan fingerprint density at radius 1 is 1.20 bits per heavy atom. The second-order valence-electron chi connectivity index (χ2n) is 2.81. The van der Waals surface area contributed by atoms with Crippen LogP contribution in [0.2, 0.25) is 0 Å². The molecule has 0 aromatic heterocycles. The Balaban J connectivity index is 3.20. The Morgan fingerprint density at radius 3 is 2.20 bits per heavy atom. The van der Waals surface area contributed by atoms with E-state index in [4.69, 9.17) is 0 Å². The lowest BCUT2D eigenvalue weighted by Crippen LogP contribution is -2.14. The van der Waals surface area contributed by atoms with Gasteiger partial charge in [0.2, 0.25) is 0 Å². The van der Waals surface area contributed by atoms with Gasteiger partial charge in [-0.25, -0.2) is 0 Å². The van der Waals surface area contributed by atoms with E-state index in [0.717, 1.165) is 0 Å². The van der Waals surface area contributed by atoms with Gasteiger partial charge in [-0.1, -0.05) is 13.8 Å². The summed E-state index contributed by atoms with van der Waals surface area (Å²) in [4.78, 5) is 0. The zero-order chi connectivity index (χ0) is 7.98. The summed E-state index contributed by atoms with van der Waals surface area (Å²) in [7, 11) is 0. The molecule has 0 rings (SSSR count). The predicted molar refractivity (Wildman–Crippen MR) is 50.1 cm³/mol. The third-order valence-corrected chi connectivity index (χ3v) is 1.69. The molecule has 0 radical (unpaired) electrons.